The van der Waals surface area contributed by atoms with Gasteiger partial charge < -0.3 is 5.32 Å². The molecule has 1 saturated carbocycles. The highest BCUT2D eigenvalue weighted by atomic mass is 16.1. The maximum Gasteiger partial charge on any atom is 0.143 e. The zero-order chi connectivity index (χ0) is 10.7. The van der Waals surface area contributed by atoms with Crippen LogP contribution in [0.25, 0.3) is 0 Å². The molecule has 1 unspecified atom stereocenters. The van der Waals surface area contributed by atoms with Gasteiger partial charge in [-0.15, -0.1) is 0 Å². The molecule has 2 heteroatoms. The summed E-state index contributed by atoms with van der Waals surface area (Å²) < 4.78 is 0. The quantitative estimate of drug-likeness (QED) is 0.771. The predicted octanol–water partition coefficient (Wildman–Crippen LogP) is 2.53. The summed E-state index contributed by atoms with van der Waals surface area (Å²) in [6.07, 6.45) is 8.17. The highest BCUT2D eigenvalue weighted by Gasteiger charge is 2.43. The van der Waals surface area contributed by atoms with Crippen molar-refractivity contribution in [3.8, 4) is 0 Å². The lowest BCUT2D eigenvalue weighted by Gasteiger charge is -2.29. The van der Waals surface area contributed by atoms with Gasteiger partial charge in [0.05, 0.1) is 0 Å². The Bertz CT molecular complexity index is 225. The summed E-state index contributed by atoms with van der Waals surface area (Å²) in [4.78, 5) is 12.5. The van der Waals surface area contributed by atoms with Crippen molar-refractivity contribution in [2.45, 2.75) is 51.9 Å². The Morgan fingerprint density at radius 2 is 2.13 bits per heavy atom. The Balaban J connectivity index is 2.06. The third kappa shape index (κ3) is 2.10. The van der Waals surface area contributed by atoms with E-state index >= 15 is 0 Å². The van der Waals surface area contributed by atoms with Gasteiger partial charge in [-0.2, -0.15) is 0 Å². The molecule has 2 nitrogen and oxygen atoms in total. The second kappa shape index (κ2) is 4.65. The Morgan fingerprint density at radius 3 is 2.67 bits per heavy atom. The number of carbonyl (C=O) groups is 1. The first-order chi connectivity index (χ1) is 7.28. The van der Waals surface area contributed by atoms with E-state index in [1.807, 2.05) is 0 Å². The predicted molar refractivity (Wildman–Crippen MR) is 61.8 cm³/mol. The molecule has 2 rings (SSSR count). The van der Waals surface area contributed by atoms with Crippen LogP contribution in [-0.4, -0.2) is 18.9 Å². The monoisotopic (exact) mass is 209 g/mol. The number of nitrogens with one attached hydrogen (secondary N) is 1. The van der Waals surface area contributed by atoms with E-state index in [0.29, 0.717) is 11.7 Å². The van der Waals surface area contributed by atoms with Crippen molar-refractivity contribution in [1.29, 1.82) is 0 Å². The van der Waals surface area contributed by atoms with Crippen LogP contribution >= 0.6 is 0 Å². The normalized spacial score (nSPS) is 32.3. The molecule has 1 N–H and O–H groups in total. The highest BCUT2D eigenvalue weighted by Crippen LogP contribution is 2.39. The van der Waals surface area contributed by atoms with Crippen LogP contribution < -0.4 is 5.32 Å². The molecule has 1 aliphatic carbocycles. The van der Waals surface area contributed by atoms with Gasteiger partial charge in [0.15, 0.2) is 0 Å². The van der Waals surface area contributed by atoms with Gasteiger partial charge in [-0.25, -0.2) is 0 Å². The van der Waals surface area contributed by atoms with Gasteiger partial charge in [-0.1, -0.05) is 26.2 Å². The average Bonchev–Trinajstić information content (AvgIpc) is 2.88. The van der Waals surface area contributed by atoms with Crippen LogP contribution in [0, 0.1) is 11.3 Å². The summed E-state index contributed by atoms with van der Waals surface area (Å²) in [6.45, 7) is 4.18. The molecule has 0 radical (unpaired) electrons. The van der Waals surface area contributed by atoms with E-state index in [9.17, 15) is 4.79 Å². The molecule has 86 valence electrons. The molecule has 1 saturated heterocycles. The van der Waals surface area contributed by atoms with Gasteiger partial charge in [0.25, 0.3) is 0 Å². The SMILES string of the molecule is CCCC1(C(=O)C2CCCC2)CCNC1. The fraction of sp³-hybridized carbons (Fsp3) is 0.923. The number of ketones is 1. The second-order valence-electron chi connectivity index (χ2n) is 5.30. The molecule has 2 fully saturated rings. The molecule has 1 heterocycles. The van der Waals surface area contributed by atoms with Gasteiger partial charge >= 0.3 is 0 Å². The van der Waals surface area contributed by atoms with Crippen molar-refractivity contribution in [3.63, 3.8) is 0 Å². The number of Topliss-reactive ketones (excluding diaryl/α,β-unsaturated/α-hetero) is 1. The van der Waals surface area contributed by atoms with Crippen molar-refractivity contribution >= 4 is 5.78 Å². The molecule has 15 heavy (non-hydrogen) atoms. The molecule has 0 aromatic rings. The van der Waals surface area contributed by atoms with E-state index in [-0.39, 0.29) is 5.41 Å². The number of rotatable bonds is 4. The molecule has 0 aromatic carbocycles. The Kier molecular flexibility index (Phi) is 3.45. The van der Waals surface area contributed by atoms with Gasteiger partial charge in [-0.05, 0) is 32.2 Å². The summed E-state index contributed by atoms with van der Waals surface area (Å²) in [5.74, 6) is 0.989. The van der Waals surface area contributed by atoms with Crippen LogP contribution in [0.1, 0.15) is 51.9 Å². The van der Waals surface area contributed by atoms with E-state index in [0.717, 1.165) is 45.2 Å². The Hall–Kier alpha value is -0.370. The zero-order valence-electron chi connectivity index (χ0n) is 9.85. The van der Waals surface area contributed by atoms with Crippen molar-refractivity contribution in [1.82, 2.24) is 5.32 Å². The van der Waals surface area contributed by atoms with E-state index in [4.69, 9.17) is 0 Å². The molecule has 0 spiro atoms. The molecule has 1 atom stereocenters. The second-order valence-corrected chi connectivity index (χ2v) is 5.30. The molecule has 0 aromatic heterocycles. The van der Waals surface area contributed by atoms with Crippen molar-refractivity contribution in [3.05, 3.63) is 0 Å². The largest absolute Gasteiger partial charge is 0.316 e. The van der Waals surface area contributed by atoms with Crippen LogP contribution in [0.3, 0.4) is 0 Å². The van der Waals surface area contributed by atoms with Crippen molar-refractivity contribution < 1.29 is 4.79 Å². The number of hydrogen-bond donors (Lipinski definition) is 1. The third-order valence-electron chi connectivity index (χ3n) is 4.22. The van der Waals surface area contributed by atoms with Gasteiger partial charge in [-0.3, -0.25) is 4.79 Å². The lowest BCUT2D eigenvalue weighted by Crippen LogP contribution is -2.37. The minimum absolute atomic E-state index is 0.0176. The first kappa shape index (κ1) is 11.1. The average molecular weight is 209 g/mol. The topological polar surface area (TPSA) is 29.1 Å². The lowest BCUT2D eigenvalue weighted by molar-refractivity contribution is -0.132. The molecular weight excluding hydrogens is 186 g/mol. The number of carbonyl (C=O) groups excluding carboxylic acids is 1. The number of hydrogen-bond acceptors (Lipinski definition) is 2. The Labute approximate surface area is 92.8 Å². The Morgan fingerprint density at radius 1 is 1.40 bits per heavy atom. The van der Waals surface area contributed by atoms with E-state index in [1.54, 1.807) is 0 Å². The summed E-state index contributed by atoms with van der Waals surface area (Å²) in [5, 5.41) is 3.38. The van der Waals surface area contributed by atoms with Crippen LogP contribution in [0.15, 0.2) is 0 Å². The van der Waals surface area contributed by atoms with Gasteiger partial charge in [0.1, 0.15) is 5.78 Å². The third-order valence-corrected chi connectivity index (χ3v) is 4.22. The fourth-order valence-corrected chi connectivity index (χ4v) is 3.39. The highest BCUT2D eigenvalue weighted by molar-refractivity contribution is 5.87. The molecule has 2 aliphatic rings. The summed E-state index contributed by atoms with van der Waals surface area (Å²) in [6, 6.07) is 0. The molecular formula is C13H23NO. The van der Waals surface area contributed by atoms with E-state index < -0.39 is 0 Å². The molecule has 0 amide bonds. The van der Waals surface area contributed by atoms with Gasteiger partial charge in [0.2, 0.25) is 0 Å². The first-order valence-corrected chi connectivity index (χ1v) is 6.53. The fourth-order valence-electron chi connectivity index (χ4n) is 3.39. The van der Waals surface area contributed by atoms with E-state index in [2.05, 4.69) is 12.2 Å². The minimum Gasteiger partial charge on any atom is -0.316 e. The van der Waals surface area contributed by atoms with Crippen molar-refractivity contribution in [2.75, 3.05) is 13.1 Å². The molecule has 0 bridgehead atoms. The lowest BCUT2D eigenvalue weighted by atomic mass is 9.73. The summed E-state index contributed by atoms with van der Waals surface area (Å²) >= 11 is 0. The first-order valence-electron chi connectivity index (χ1n) is 6.53. The van der Waals surface area contributed by atoms with E-state index in [1.165, 1.54) is 12.8 Å². The van der Waals surface area contributed by atoms with Crippen molar-refractivity contribution in [2.24, 2.45) is 11.3 Å². The van der Waals surface area contributed by atoms with Crippen LogP contribution in [0.5, 0.6) is 0 Å². The maximum absolute atomic E-state index is 12.5. The molecule has 1 aliphatic heterocycles. The van der Waals surface area contributed by atoms with Gasteiger partial charge in [0, 0.05) is 17.9 Å². The standard InChI is InChI=1S/C13H23NO/c1-2-7-13(8-9-14-10-13)12(15)11-5-3-4-6-11/h11,14H,2-10H2,1H3. The minimum atomic E-state index is 0.0176. The summed E-state index contributed by atoms with van der Waals surface area (Å²) in [5.41, 5.74) is 0.0176. The smallest absolute Gasteiger partial charge is 0.143 e. The maximum atomic E-state index is 12.5. The van der Waals surface area contributed by atoms with Crippen LogP contribution in [0.2, 0.25) is 0 Å². The van der Waals surface area contributed by atoms with Crippen LogP contribution in [0.4, 0.5) is 0 Å². The summed E-state index contributed by atoms with van der Waals surface area (Å²) in [7, 11) is 0. The van der Waals surface area contributed by atoms with Crippen LogP contribution in [-0.2, 0) is 4.79 Å². The zero-order valence-corrected chi connectivity index (χ0v) is 9.85.